The molecule has 0 aliphatic rings. The van der Waals surface area contributed by atoms with E-state index in [1.54, 1.807) is 31.2 Å². The zero-order valence-electron chi connectivity index (χ0n) is 13.2. The summed E-state index contributed by atoms with van der Waals surface area (Å²) in [6.45, 7) is 1.72. The molecule has 0 bridgehead atoms. The molecule has 0 saturated heterocycles. The smallest absolute Gasteiger partial charge is 0.343 e. The lowest BCUT2D eigenvalue weighted by Crippen LogP contribution is -2.07. The highest BCUT2D eigenvalue weighted by atomic mass is 35.5. The molecule has 0 aliphatic heterocycles. The van der Waals surface area contributed by atoms with E-state index in [1.165, 1.54) is 28.9 Å². The summed E-state index contributed by atoms with van der Waals surface area (Å²) in [5.74, 6) is -0.958. The summed E-state index contributed by atoms with van der Waals surface area (Å²) < 4.78 is 19.7. The van der Waals surface area contributed by atoms with E-state index in [4.69, 9.17) is 27.9 Å². The van der Waals surface area contributed by atoms with Crippen LogP contribution in [-0.4, -0.2) is 15.7 Å². The van der Waals surface area contributed by atoms with E-state index in [0.717, 1.165) is 5.56 Å². The van der Waals surface area contributed by atoms with Gasteiger partial charge in [-0.15, -0.1) is 0 Å². The predicted molar refractivity (Wildman–Crippen MR) is 93.8 cm³/mol. The second-order valence-corrected chi connectivity index (χ2v) is 6.14. The van der Waals surface area contributed by atoms with Gasteiger partial charge in [-0.05, 0) is 48.9 Å². The van der Waals surface area contributed by atoms with Crippen LogP contribution in [0.4, 0.5) is 4.39 Å². The monoisotopic (exact) mass is 378 g/mol. The first-order valence-corrected chi connectivity index (χ1v) is 8.14. The molecule has 128 valence electrons. The Morgan fingerprint density at radius 2 is 1.92 bits per heavy atom. The summed E-state index contributed by atoms with van der Waals surface area (Å²) in [7, 11) is 0. The Morgan fingerprint density at radius 3 is 2.60 bits per heavy atom. The van der Waals surface area contributed by atoms with Gasteiger partial charge < -0.3 is 4.74 Å². The van der Waals surface area contributed by atoms with Crippen LogP contribution in [0.2, 0.25) is 10.2 Å². The van der Waals surface area contributed by atoms with Gasteiger partial charge in [0.15, 0.2) is 0 Å². The molecule has 0 N–H and O–H groups in total. The van der Waals surface area contributed by atoms with Crippen LogP contribution in [0.25, 0.3) is 5.69 Å². The number of nitrogens with zero attached hydrogens (tertiary/aromatic N) is 2. The summed E-state index contributed by atoms with van der Waals surface area (Å²) in [6.07, 6.45) is 0. The maximum Gasteiger partial charge on any atom is 0.343 e. The SMILES string of the molecule is Cc1nn(-c2ccc(F)cc2)c(Cl)c1C(=O)OCc1cccc(Cl)c1. The molecule has 7 heteroatoms. The standard InChI is InChI=1S/C18H13Cl2FN2O2/c1-11-16(18(24)25-10-12-3-2-4-13(19)9-12)17(20)23(22-11)15-7-5-14(21)6-8-15/h2-9H,10H2,1H3. The van der Waals surface area contributed by atoms with Crippen molar-refractivity contribution in [3.63, 3.8) is 0 Å². The van der Waals surface area contributed by atoms with E-state index in [0.29, 0.717) is 16.4 Å². The third-order valence-corrected chi connectivity index (χ3v) is 4.12. The lowest BCUT2D eigenvalue weighted by molar-refractivity contribution is 0.0472. The molecule has 0 aliphatic carbocycles. The third kappa shape index (κ3) is 3.83. The van der Waals surface area contributed by atoms with E-state index >= 15 is 0 Å². The molecule has 3 rings (SSSR count). The Kier molecular flexibility index (Phi) is 5.06. The molecule has 1 heterocycles. The van der Waals surface area contributed by atoms with Crippen molar-refractivity contribution in [3.8, 4) is 5.69 Å². The van der Waals surface area contributed by atoms with Crippen molar-refractivity contribution in [3.05, 3.63) is 81.3 Å². The number of aromatic nitrogens is 2. The lowest BCUT2D eigenvalue weighted by Gasteiger charge is -2.06. The number of aryl methyl sites for hydroxylation is 1. The quantitative estimate of drug-likeness (QED) is 0.601. The van der Waals surface area contributed by atoms with Gasteiger partial charge in [0.2, 0.25) is 0 Å². The number of carbonyl (C=O) groups excluding carboxylic acids is 1. The Morgan fingerprint density at radius 1 is 1.20 bits per heavy atom. The van der Waals surface area contributed by atoms with Crippen molar-refractivity contribution in [1.82, 2.24) is 9.78 Å². The van der Waals surface area contributed by atoms with E-state index < -0.39 is 5.97 Å². The number of carbonyl (C=O) groups is 1. The van der Waals surface area contributed by atoms with E-state index in [1.807, 2.05) is 0 Å². The third-order valence-electron chi connectivity index (χ3n) is 3.54. The van der Waals surface area contributed by atoms with Crippen LogP contribution in [0.5, 0.6) is 0 Å². The first-order chi connectivity index (χ1) is 12.0. The number of rotatable bonds is 4. The van der Waals surface area contributed by atoms with Crippen molar-refractivity contribution in [2.45, 2.75) is 13.5 Å². The second-order valence-electron chi connectivity index (χ2n) is 5.35. The van der Waals surface area contributed by atoms with Gasteiger partial charge in [0.25, 0.3) is 0 Å². The van der Waals surface area contributed by atoms with Crippen LogP contribution >= 0.6 is 23.2 Å². The highest BCUT2D eigenvalue weighted by molar-refractivity contribution is 6.33. The van der Waals surface area contributed by atoms with Crippen molar-refractivity contribution in [2.24, 2.45) is 0 Å². The zero-order valence-corrected chi connectivity index (χ0v) is 14.7. The maximum atomic E-state index is 13.1. The summed E-state index contributed by atoms with van der Waals surface area (Å²) >= 11 is 12.2. The average Bonchev–Trinajstić information content (AvgIpc) is 2.88. The minimum Gasteiger partial charge on any atom is -0.457 e. The van der Waals surface area contributed by atoms with Crippen LogP contribution < -0.4 is 0 Å². The number of benzene rings is 2. The molecule has 0 unspecified atom stereocenters. The number of hydrogen-bond donors (Lipinski definition) is 0. The Balaban J connectivity index is 1.82. The number of esters is 1. The van der Waals surface area contributed by atoms with Crippen molar-refractivity contribution < 1.29 is 13.9 Å². The summed E-state index contributed by atoms with van der Waals surface area (Å²) in [6, 6.07) is 12.7. The van der Waals surface area contributed by atoms with Crippen LogP contribution in [-0.2, 0) is 11.3 Å². The van der Waals surface area contributed by atoms with E-state index in [2.05, 4.69) is 5.10 Å². The predicted octanol–water partition coefficient (Wildman–Crippen LogP) is 4.98. The molecule has 3 aromatic rings. The molecule has 25 heavy (non-hydrogen) atoms. The largest absolute Gasteiger partial charge is 0.457 e. The van der Waals surface area contributed by atoms with Crippen LogP contribution in [0.1, 0.15) is 21.6 Å². The van der Waals surface area contributed by atoms with Gasteiger partial charge in [0.05, 0.1) is 11.4 Å². The minimum absolute atomic E-state index is 0.0664. The first kappa shape index (κ1) is 17.5. The molecule has 4 nitrogen and oxygen atoms in total. The fraction of sp³-hybridized carbons (Fsp3) is 0.111. The molecular formula is C18H13Cl2FN2O2. The van der Waals surface area contributed by atoms with Gasteiger partial charge in [0, 0.05) is 5.02 Å². The fourth-order valence-electron chi connectivity index (χ4n) is 2.33. The zero-order chi connectivity index (χ0) is 18.0. The van der Waals surface area contributed by atoms with Gasteiger partial charge in [-0.2, -0.15) is 5.10 Å². The average molecular weight is 379 g/mol. The van der Waals surface area contributed by atoms with Crippen molar-refractivity contribution in [2.75, 3.05) is 0 Å². The van der Waals surface area contributed by atoms with E-state index in [-0.39, 0.29) is 23.1 Å². The lowest BCUT2D eigenvalue weighted by atomic mass is 10.2. The molecule has 0 spiro atoms. The van der Waals surface area contributed by atoms with Crippen molar-refractivity contribution >= 4 is 29.2 Å². The van der Waals surface area contributed by atoms with Gasteiger partial charge in [-0.3, -0.25) is 0 Å². The first-order valence-electron chi connectivity index (χ1n) is 7.38. The number of halogens is 3. The fourth-order valence-corrected chi connectivity index (χ4v) is 2.89. The summed E-state index contributed by atoms with van der Waals surface area (Å²) in [5.41, 5.74) is 1.90. The summed E-state index contributed by atoms with van der Waals surface area (Å²) in [5, 5.41) is 4.91. The Hall–Kier alpha value is -2.37. The normalized spacial score (nSPS) is 10.7. The molecule has 0 saturated carbocycles. The topological polar surface area (TPSA) is 44.1 Å². The van der Waals surface area contributed by atoms with Gasteiger partial charge in [-0.1, -0.05) is 35.3 Å². The highest BCUT2D eigenvalue weighted by Crippen LogP contribution is 2.25. The highest BCUT2D eigenvalue weighted by Gasteiger charge is 2.22. The Labute approximate surface area is 153 Å². The maximum absolute atomic E-state index is 13.1. The second kappa shape index (κ2) is 7.25. The van der Waals surface area contributed by atoms with Gasteiger partial charge in [-0.25, -0.2) is 13.9 Å². The van der Waals surface area contributed by atoms with E-state index in [9.17, 15) is 9.18 Å². The molecule has 0 radical (unpaired) electrons. The molecule has 0 amide bonds. The molecule has 0 fully saturated rings. The Bertz CT molecular complexity index is 923. The van der Waals surface area contributed by atoms with Crippen LogP contribution in [0.3, 0.4) is 0 Å². The number of hydrogen-bond acceptors (Lipinski definition) is 3. The van der Waals surface area contributed by atoms with Gasteiger partial charge in [0.1, 0.15) is 23.1 Å². The summed E-state index contributed by atoms with van der Waals surface area (Å²) in [4.78, 5) is 12.4. The van der Waals surface area contributed by atoms with Crippen LogP contribution in [0.15, 0.2) is 48.5 Å². The molecule has 1 aromatic heterocycles. The number of ether oxygens (including phenoxy) is 1. The van der Waals surface area contributed by atoms with Crippen molar-refractivity contribution in [1.29, 1.82) is 0 Å². The molecule has 0 atom stereocenters. The molecular weight excluding hydrogens is 366 g/mol. The minimum atomic E-state index is -0.587. The molecule has 2 aromatic carbocycles. The van der Waals surface area contributed by atoms with Gasteiger partial charge >= 0.3 is 5.97 Å². The van der Waals surface area contributed by atoms with Crippen LogP contribution in [0, 0.1) is 12.7 Å².